The summed E-state index contributed by atoms with van der Waals surface area (Å²) in [5.41, 5.74) is 20.1. The Bertz CT molecular complexity index is 2610. The fraction of sp³-hybridized carbons (Fsp3) is 0.500. The average molecular weight is 1020 g/mol. The van der Waals surface area contributed by atoms with Crippen LogP contribution in [0.2, 0.25) is 0 Å². The summed E-state index contributed by atoms with van der Waals surface area (Å²) in [6.45, 7) is 3.46. The van der Waals surface area contributed by atoms with Gasteiger partial charge in [-0.1, -0.05) is 71.7 Å². The summed E-state index contributed by atoms with van der Waals surface area (Å²) in [5, 5.41) is 28.9. The molecule has 0 bridgehead atoms. The molecule has 2 aliphatic rings. The number of azide groups is 1. The number of ether oxygens (including phenoxy) is 4. The molecular weight excluding hydrogens is 975 g/mol. The number of esters is 1. The van der Waals surface area contributed by atoms with Gasteiger partial charge in [0.2, 0.25) is 0 Å². The number of aliphatic hydroxyl groups is 2. The van der Waals surface area contributed by atoms with Gasteiger partial charge in [-0.05, 0) is 17.2 Å². The molecule has 0 radical (unpaired) electrons. The number of alkyl carbamates (subject to hydrolysis) is 1. The van der Waals surface area contributed by atoms with E-state index in [1.165, 1.54) is 50.7 Å². The first-order chi connectivity index (χ1) is 31.5. The van der Waals surface area contributed by atoms with Gasteiger partial charge in [0.05, 0.1) is 19.5 Å². The zero-order valence-electron chi connectivity index (χ0n) is 35.2. The van der Waals surface area contributed by atoms with Crippen LogP contribution >= 0.6 is 37.2 Å². The highest BCUT2D eigenvalue weighted by molar-refractivity contribution is 8.77. The summed E-state index contributed by atoms with van der Waals surface area (Å²) in [4.78, 5) is 87.8. The summed E-state index contributed by atoms with van der Waals surface area (Å²) < 4.78 is 64.7. The van der Waals surface area contributed by atoms with Crippen LogP contribution in [0.25, 0.3) is 21.6 Å². The molecule has 2 fully saturated rings. The molecule has 3 aromatic heterocycles. The van der Waals surface area contributed by atoms with E-state index in [9.17, 15) is 48.4 Å². The number of aliphatic hydroxyl groups excluding tert-OH is 2. The van der Waals surface area contributed by atoms with Crippen molar-refractivity contribution in [2.45, 2.75) is 87.2 Å². The minimum absolute atomic E-state index is 0.0311. The highest BCUT2D eigenvalue weighted by Crippen LogP contribution is 2.50. The molecule has 10 atom stereocenters. The standard InChI is InChI=1S/C34H44N12O17P2S2/c1-34(2,3)67-66-13-18(41-33(51)57-10-16-4-6-17(7-5-16)43-44-37)31(49)62-25-19(60-30(23(25)47)46-15-40-22-27(36)38-14-39-28(22)46)12-59-65(55,56)63-26-20(11-58-64(52,53)54)61-29(24(26)48)45-9-8-21(35)42-32(45)50/h4-9,14-15,18-20,23-26,29-30,47-48H,10-13H2,1-3H3,(H,41,51)(H,55,56)(H2,35,42,50)(H2,36,38,39)(H2,52,53,54)/t18-,19-,20+,23+,24+,25+,26+,29+,30+/m0/s1. The number of hydrogen-bond donors (Lipinski definition) is 8. The summed E-state index contributed by atoms with van der Waals surface area (Å²) in [5.74, 6) is -1.43. The number of carbonyl (C=O) groups excluding carboxylic acids is 2. The Kier molecular flexibility index (Phi) is 16.6. The molecule has 2 aliphatic heterocycles. The van der Waals surface area contributed by atoms with E-state index in [1.54, 1.807) is 12.1 Å². The number of anilines is 2. The van der Waals surface area contributed by atoms with Gasteiger partial charge in [0.15, 0.2) is 30.0 Å². The quantitative estimate of drug-likeness (QED) is 0.0165. The lowest BCUT2D eigenvalue weighted by atomic mass is 10.1. The van der Waals surface area contributed by atoms with Crippen LogP contribution in [0, 0.1) is 0 Å². The van der Waals surface area contributed by atoms with Crippen LogP contribution in [0.3, 0.4) is 0 Å². The number of benzene rings is 1. The van der Waals surface area contributed by atoms with E-state index in [1.807, 2.05) is 20.8 Å². The lowest BCUT2D eigenvalue weighted by molar-refractivity contribution is -0.158. The predicted molar refractivity (Wildman–Crippen MR) is 233 cm³/mol. The Labute approximate surface area is 385 Å². The number of phosphoric ester groups is 2. The van der Waals surface area contributed by atoms with Crippen molar-refractivity contribution >= 4 is 77.8 Å². The summed E-state index contributed by atoms with van der Waals surface area (Å²) in [6.07, 6.45) is -11.8. The first-order valence-corrected chi connectivity index (χ1v) is 24.8. The molecule has 6 rings (SSSR count). The van der Waals surface area contributed by atoms with Crippen LogP contribution in [0.1, 0.15) is 38.8 Å². The number of fused-ring (bicyclic) bond motifs is 1. The van der Waals surface area contributed by atoms with Gasteiger partial charge in [0.1, 0.15) is 60.8 Å². The van der Waals surface area contributed by atoms with Crippen molar-refractivity contribution in [2.24, 2.45) is 5.11 Å². The second kappa shape index (κ2) is 21.6. The van der Waals surface area contributed by atoms with Crippen LogP contribution in [-0.2, 0) is 53.1 Å². The third-order valence-electron chi connectivity index (χ3n) is 9.31. The smallest absolute Gasteiger partial charge is 0.455 e. The average Bonchev–Trinajstić information content (AvgIpc) is 3.91. The minimum Gasteiger partial charge on any atom is -0.455 e. The highest BCUT2D eigenvalue weighted by atomic mass is 33.1. The second-order valence-corrected chi connectivity index (χ2v) is 21.2. The van der Waals surface area contributed by atoms with Crippen molar-refractivity contribution in [3.8, 4) is 0 Å². The number of nitrogen functional groups attached to an aromatic ring is 2. The summed E-state index contributed by atoms with van der Waals surface area (Å²) >= 11 is 0. The topological polar surface area (TPSA) is 425 Å². The maximum atomic E-state index is 14.0. The number of hydrogen-bond acceptors (Lipinski definition) is 23. The van der Waals surface area contributed by atoms with Crippen molar-refractivity contribution in [1.29, 1.82) is 0 Å². The Morgan fingerprint density at radius 2 is 1.64 bits per heavy atom. The molecule has 5 heterocycles. The Morgan fingerprint density at radius 3 is 2.30 bits per heavy atom. The molecule has 67 heavy (non-hydrogen) atoms. The van der Waals surface area contributed by atoms with Crippen molar-refractivity contribution in [3.05, 3.63) is 75.7 Å². The SMILES string of the molecule is CC(C)(C)SSC[C@H](NC(=O)OCc1ccc(N=[N+]=[N-])cc1)C(=O)O[C@H]1[C@@H](O)[C@H](n2cnc3c(N)ncnc32)O[C@H]1COP(=O)(O)O[C@H]1[C@@H](O)[C@H](n2ccc(N)nc2=O)O[C@@H]1COP(=O)(O)O. The van der Waals surface area contributed by atoms with Crippen LogP contribution in [0.5, 0.6) is 0 Å². The third-order valence-corrected chi connectivity index (χ3v) is 14.1. The Hall–Kier alpha value is -4.94. The fourth-order valence-electron chi connectivity index (χ4n) is 6.35. The van der Waals surface area contributed by atoms with E-state index in [0.717, 1.165) is 17.1 Å². The van der Waals surface area contributed by atoms with E-state index in [-0.39, 0.29) is 39.9 Å². The van der Waals surface area contributed by atoms with E-state index >= 15 is 0 Å². The summed E-state index contributed by atoms with van der Waals surface area (Å²) in [7, 11) is -8.07. The molecule has 1 amide bonds. The predicted octanol–water partition coefficient (Wildman–Crippen LogP) is 1.70. The summed E-state index contributed by atoms with van der Waals surface area (Å²) in [6, 6.07) is 5.85. The van der Waals surface area contributed by atoms with Gasteiger partial charge in [-0.15, -0.1) is 0 Å². The van der Waals surface area contributed by atoms with Gasteiger partial charge in [0.25, 0.3) is 0 Å². The molecule has 29 nitrogen and oxygen atoms in total. The number of rotatable bonds is 19. The molecule has 0 saturated carbocycles. The number of nitrogens with two attached hydrogens (primary N) is 2. The number of imidazole rings is 1. The fourth-order valence-corrected chi connectivity index (χ4v) is 10.1. The van der Waals surface area contributed by atoms with Gasteiger partial charge < -0.3 is 60.6 Å². The van der Waals surface area contributed by atoms with Crippen LogP contribution < -0.4 is 22.5 Å². The van der Waals surface area contributed by atoms with Gasteiger partial charge in [0, 0.05) is 27.3 Å². The van der Waals surface area contributed by atoms with Gasteiger partial charge in [-0.2, -0.15) is 4.98 Å². The third kappa shape index (κ3) is 13.6. The van der Waals surface area contributed by atoms with Crippen molar-refractivity contribution < 1.29 is 76.1 Å². The largest absolute Gasteiger partial charge is 0.472 e. The highest BCUT2D eigenvalue weighted by Gasteiger charge is 2.52. The number of nitrogens with zero attached hydrogens (tertiary/aromatic N) is 9. The first-order valence-electron chi connectivity index (χ1n) is 19.4. The van der Waals surface area contributed by atoms with E-state index in [0.29, 0.717) is 11.3 Å². The van der Waals surface area contributed by atoms with Crippen LogP contribution in [0.4, 0.5) is 22.1 Å². The van der Waals surface area contributed by atoms with Gasteiger partial charge in [-0.3, -0.25) is 22.7 Å². The molecule has 1 aromatic carbocycles. The normalized spacial score (nSPS) is 24.4. The molecule has 4 aromatic rings. The molecular formula is C34H44N12O17P2S2. The lowest BCUT2D eigenvalue weighted by Crippen LogP contribution is -2.48. The molecule has 33 heteroatoms. The molecule has 1 unspecified atom stereocenters. The maximum absolute atomic E-state index is 14.0. The van der Waals surface area contributed by atoms with Crippen LogP contribution in [0.15, 0.2) is 59.1 Å². The Morgan fingerprint density at radius 1 is 0.985 bits per heavy atom. The van der Waals surface area contributed by atoms with Crippen molar-refractivity contribution in [3.63, 3.8) is 0 Å². The number of phosphoric acid groups is 2. The van der Waals surface area contributed by atoms with Crippen molar-refractivity contribution in [2.75, 3.05) is 30.4 Å². The number of amides is 1. The van der Waals surface area contributed by atoms with E-state index in [4.69, 9.17) is 45.0 Å². The van der Waals surface area contributed by atoms with Crippen LogP contribution in [-0.4, -0.2) is 132 Å². The Balaban J connectivity index is 1.22. The first kappa shape index (κ1) is 51.5. The van der Waals surface area contributed by atoms with E-state index < -0.39 is 102 Å². The number of carbonyl (C=O) groups is 2. The van der Waals surface area contributed by atoms with Gasteiger partial charge >= 0.3 is 33.4 Å². The number of nitrogens with one attached hydrogen (secondary N) is 1. The maximum Gasteiger partial charge on any atom is 0.472 e. The second-order valence-electron chi connectivity index (χ2n) is 15.4. The van der Waals surface area contributed by atoms with Gasteiger partial charge in [-0.25, -0.2) is 38.5 Å². The molecule has 0 aliphatic carbocycles. The monoisotopic (exact) mass is 1020 g/mol. The number of aromatic nitrogens is 6. The molecule has 364 valence electrons. The molecule has 2 saturated heterocycles. The zero-order chi connectivity index (χ0) is 48.8. The zero-order valence-corrected chi connectivity index (χ0v) is 38.6. The lowest BCUT2D eigenvalue weighted by Gasteiger charge is -2.26. The minimum atomic E-state index is -5.46. The van der Waals surface area contributed by atoms with E-state index in [2.05, 4.69) is 39.8 Å². The van der Waals surface area contributed by atoms with Crippen molar-refractivity contribution in [1.82, 2.24) is 34.4 Å². The molecule has 0 spiro atoms. The molecule has 10 N–H and O–H groups in total.